The van der Waals surface area contributed by atoms with E-state index in [2.05, 4.69) is 13.1 Å². The van der Waals surface area contributed by atoms with E-state index >= 15 is 0 Å². The van der Waals surface area contributed by atoms with Crippen LogP contribution in [-0.2, 0) is 0 Å². The van der Waals surface area contributed by atoms with E-state index < -0.39 is 27.8 Å². The van der Waals surface area contributed by atoms with Gasteiger partial charge in [-0.2, -0.15) is 0 Å². The summed E-state index contributed by atoms with van der Waals surface area (Å²) in [6, 6.07) is 1.84. The molecule has 2 atom stereocenters. The number of rotatable bonds is 0. The molecule has 0 radical (unpaired) electrons. The van der Waals surface area contributed by atoms with Crippen molar-refractivity contribution in [2.24, 2.45) is 0 Å². The normalized spacial score (nSPS) is 60.4. The first kappa shape index (κ1) is 4.46. The first-order valence-corrected chi connectivity index (χ1v) is 9.87. The van der Waals surface area contributed by atoms with Crippen LogP contribution in [0.25, 0.3) is 0 Å². The molecule has 1 heterocycles. The average Bonchev–Trinajstić information content (AvgIpc) is 2.10. The molecule has 2 unspecified atom stereocenters. The molecule has 1 aliphatic rings. The minimum Gasteiger partial charge on any atom is -0.0694 e. The summed E-state index contributed by atoms with van der Waals surface area (Å²) in [5, 5.41) is -0.606. The Morgan fingerprint density at radius 2 is 1.80 bits per heavy atom. The summed E-state index contributed by atoms with van der Waals surface area (Å²) in [5.41, 5.74) is 0. The fourth-order valence-electron chi connectivity index (χ4n) is 1.68. The van der Waals surface area contributed by atoms with Crippen molar-refractivity contribution in [1.29, 1.82) is 0 Å². The predicted molar refractivity (Wildman–Crippen MR) is 54.0 cm³/mol. The van der Waals surface area contributed by atoms with Gasteiger partial charge in [0.1, 0.15) is 0 Å². The Kier molecular flexibility index (Phi) is 0.984. The van der Waals surface area contributed by atoms with E-state index in [1.165, 1.54) is 0 Å². The third kappa shape index (κ3) is 1.23. The number of hydrogen-bond acceptors (Lipinski definition) is 0. The van der Waals surface area contributed by atoms with Gasteiger partial charge in [-0.3, -0.25) is 0 Å². The minimum atomic E-state index is -2.42. The molecule has 0 aliphatic carbocycles. The summed E-state index contributed by atoms with van der Waals surface area (Å²) in [4.78, 5) is 0. The molecule has 0 N–H and O–H groups in total. The van der Waals surface area contributed by atoms with Crippen molar-refractivity contribution in [3.8, 4) is 0 Å². The molecule has 0 amide bonds. The lowest BCUT2D eigenvalue weighted by Gasteiger charge is -2.28. The zero-order valence-corrected chi connectivity index (χ0v) is 9.41. The second-order valence-corrected chi connectivity index (χ2v) is 13.8. The highest BCUT2D eigenvalue weighted by atomic mass is 28.4. The van der Waals surface area contributed by atoms with Crippen LogP contribution in [0.2, 0.25) is 43.3 Å². The summed E-state index contributed by atoms with van der Waals surface area (Å²) in [5.74, 6) is 0. The van der Waals surface area contributed by atoms with Gasteiger partial charge in [0.25, 0.3) is 0 Å². The van der Waals surface area contributed by atoms with Gasteiger partial charge in [-0.05, 0) is 0 Å². The van der Waals surface area contributed by atoms with E-state index in [1.54, 1.807) is 0 Å². The van der Waals surface area contributed by atoms with E-state index in [1.807, 2.05) is 13.5 Å². The summed E-state index contributed by atoms with van der Waals surface area (Å²) in [6.07, 6.45) is 0. The van der Waals surface area contributed by atoms with Gasteiger partial charge in [-0.15, -0.1) is 0 Å². The van der Waals surface area contributed by atoms with E-state index in [9.17, 15) is 0 Å². The third-order valence-corrected chi connectivity index (χ3v) is 13.7. The van der Waals surface area contributed by atoms with Crippen molar-refractivity contribution < 1.29 is 5.48 Å². The van der Waals surface area contributed by atoms with Crippen LogP contribution in [-0.4, -0.2) is 16.1 Å². The lowest BCUT2D eigenvalue weighted by Crippen LogP contribution is -2.36. The second kappa shape index (κ2) is 2.21. The Morgan fingerprint density at radius 3 is 2.00 bits per heavy atom. The fraction of sp³-hybridized carbons (Fsp3) is 1.00. The maximum Gasteiger partial charge on any atom is 0.0473 e. The van der Waals surface area contributed by atoms with Crippen LogP contribution in [0.3, 0.4) is 0 Å². The maximum absolute atomic E-state index is 8.46. The smallest absolute Gasteiger partial charge is 0.0473 e. The van der Waals surface area contributed by atoms with Crippen LogP contribution in [0.1, 0.15) is 12.4 Å². The molecular weight excluding hydrogens is 152 g/mol. The van der Waals surface area contributed by atoms with Crippen molar-refractivity contribution in [3.63, 3.8) is 0 Å². The highest BCUT2D eigenvalue weighted by molar-refractivity contribution is 7.01. The summed E-state index contributed by atoms with van der Waals surface area (Å²) < 4.78 is 31.4. The monoisotopic (exact) mass is 176 g/mol. The molecule has 0 saturated carbocycles. The van der Waals surface area contributed by atoms with Crippen LogP contribution in [0.15, 0.2) is 0 Å². The van der Waals surface area contributed by atoms with Crippen LogP contribution in [0.4, 0.5) is 0 Å². The molecule has 0 spiro atoms. The van der Waals surface area contributed by atoms with Gasteiger partial charge in [-0.1, -0.05) is 50.3 Å². The van der Waals surface area contributed by atoms with Crippen molar-refractivity contribution in [2.45, 2.75) is 50.3 Å². The molecular formula is C8H20Si2. The lowest BCUT2D eigenvalue weighted by atomic mass is 10.9. The zero-order chi connectivity index (χ0) is 11.4. The Hall–Kier alpha value is 0.434. The zero-order valence-electron chi connectivity index (χ0n) is 11.4. The van der Waals surface area contributed by atoms with E-state index in [0.717, 1.165) is 12.1 Å². The topological polar surface area (TPSA) is 0 Å². The maximum atomic E-state index is 8.46. The SMILES string of the molecule is [2H]C([2H])([2H])[Si]1(C)CC[Si](C)(C)C1([2H])C. The third-order valence-electron chi connectivity index (χ3n) is 3.09. The van der Waals surface area contributed by atoms with Gasteiger partial charge >= 0.3 is 0 Å². The first-order valence-electron chi connectivity index (χ1n) is 5.96. The van der Waals surface area contributed by atoms with Crippen LogP contribution in [0.5, 0.6) is 0 Å². The van der Waals surface area contributed by atoms with Crippen molar-refractivity contribution in [3.05, 3.63) is 0 Å². The Labute approximate surface area is 72.7 Å². The predicted octanol–water partition coefficient (Wildman–Crippen LogP) is 3.35. The quantitative estimate of drug-likeness (QED) is 0.497. The standard InChI is InChI=1S/C8H20Si2/c1-8-9(2,3)6-7-10(8,4)5/h8H,6-7H2,1-5H3/i2D3,8D. The van der Waals surface area contributed by atoms with E-state index in [4.69, 9.17) is 5.48 Å². The highest BCUT2D eigenvalue weighted by Gasteiger charge is 2.46. The van der Waals surface area contributed by atoms with E-state index in [0.29, 0.717) is 0 Å². The van der Waals surface area contributed by atoms with Crippen molar-refractivity contribution in [2.75, 3.05) is 0 Å². The largest absolute Gasteiger partial charge is 0.0694 e. The molecule has 60 valence electrons. The Bertz CT molecular complexity index is 246. The lowest BCUT2D eigenvalue weighted by molar-refractivity contribution is 1.21. The van der Waals surface area contributed by atoms with Gasteiger partial charge in [0.15, 0.2) is 0 Å². The van der Waals surface area contributed by atoms with Crippen LogP contribution >= 0.6 is 0 Å². The molecule has 1 fully saturated rings. The molecule has 0 bridgehead atoms. The summed E-state index contributed by atoms with van der Waals surface area (Å²) in [7, 11) is -4.07. The molecule has 1 aliphatic heterocycles. The molecule has 0 aromatic carbocycles. The average molecular weight is 176 g/mol. The van der Waals surface area contributed by atoms with Gasteiger partial charge in [0, 0.05) is 21.6 Å². The Balaban J connectivity index is 3.18. The van der Waals surface area contributed by atoms with Gasteiger partial charge in [0.05, 0.1) is 0 Å². The summed E-state index contributed by atoms with van der Waals surface area (Å²) >= 11 is 0. The molecule has 1 saturated heterocycles. The van der Waals surface area contributed by atoms with E-state index in [-0.39, 0.29) is 0 Å². The van der Waals surface area contributed by atoms with Gasteiger partial charge < -0.3 is 0 Å². The molecule has 0 nitrogen and oxygen atoms in total. The highest BCUT2D eigenvalue weighted by Crippen LogP contribution is 2.45. The Morgan fingerprint density at radius 1 is 1.30 bits per heavy atom. The summed E-state index contributed by atoms with van der Waals surface area (Å²) in [6.45, 7) is 6.29. The van der Waals surface area contributed by atoms with Gasteiger partial charge in [0.2, 0.25) is 0 Å². The first-order chi connectivity index (χ1) is 5.96. The minimum absolute atomic E-state index is 0.606. The molecule has 0 aromatic rings. The molecule has 0 aromatic heterocycles. The van der Waals surface area contributed by atoms with Crippen LogP contribution in [0, 0.1) is 0 Å². The fourth-order valence-corrected chi connectivity index (χ4v) is 13.7. The van der Waals surface area contributed by atoms with Crippen LogP contribution < -0.4 is 0 Å². The molecule has 1 rings (SSSR count). The second-order valence-electron chi connectivity index (χ2n) is 4.34. The number of hydrogen-bond donors (Lipinski definition) is 0. The molecule has 10 heavy (non-hydrogen) atoms. The van der Waals surface area contributed by atoms with Gasteiger partial charge in [-0.25, -0.2) is 0 Å². The van der Waals surface area contributed by atoms with Crippen molar-refractivity contribution in [1.82, 2.24) is 0 Å². The molecule has 2 heteroatoms. The van der Waals surface area contributed by atoms with Crippen molar-refractivity contribution >= 4 is 16.1 Å².